The van der Waals surface area contributed by atoms with E-state index >= 15 is 0 Å². The Balaban J connectivity index is 2.01. The summed E-state index contributed by atoms with van der Waals surface area (Å²) in [6.07, 6.45) is 3.73. The Hall–Kier alpha value is -1.33. The second kappa shape index (κ2) is 5.54. The molecule has 2 heterocycles. The summed E-state index contributed by atoms with van der Waals surface area (Å²) in [7, 11) is 2.09. The third-order valence-corrected chi connectivity index (χ3v) is 3.58. The Kier molecular flexibility index (Phi) is 4.04. The molecule has 1 aliphatic heterocycles. The molecule has 1 saturated heterocycles. The first-order chi connectivity index (χ1) is 8.58. The van der Waals surface area contributed by atoms with E-state index in [0.717, 1.165) is 19.5 Å². The molecular formula is C12H16ClN3O2. The number of carboxylic acids is 1. The zero-order valence-electron chi connectivity index (χ0n) is 10.2. The van der Waals surface area contributed by atoms with E-state index in [0.29, 0.717) is 11.9 Å². The SMILES string of the molecule is CN1CCCC1CNc1cc(C(=O)O)c(Cl)cn1. The van der Waals surface area contributed by atoms with Crippen molar-refractivity contribution in [2.75, 3.05) is 25.5 Å². The Bertz CT molecular complexity index is 453. The standard InChI is InChI=1S/C12H16ClN3O2/c1-16-4-2-3-8(16)6-14-11-5-9(12(17)18)10(13)7-15-11/h5,7-8H,2-4,6H2,1H3,(H,14,15)(H,17,18). The fraction of sp³-hybridized carbons (Fsp3) is 0.500. The topological polar surface area (TPSA) is 65.5 Å². The van der Waals surface area contributed by atoms with Gasteiger partial charge in [0.1, 0.15) is 5.82 Å². The maximum atomic E-state index is 10.9. The number of pyridine rings is 1. The van der Waals surface area contributed by atoms with Gasteiger partial charge in [0.2, 0.25) is 0 Å². The molecule has 0 bridgehead atoms. The van der Waals surface area contributed by atoms with Crippen molar-refractivity contribution in [3.63, 3.8) is 0 Å². The fourth-order valence-electron chi connectivity index (χ4n) is 2.16. The third-order valence-electron chi connectivity index (χ3n) is 3.28. The molecule has 5 nitrogen and oxygen atoms in total. The number of carboxylic acid groups (broad SMARTS) is 1. The summed E-state index contributed by atoms with van der Waals surface area (Å²) in [5.74, 6) is -0.486. The normalized spacial score (nSPS) is 20.0. The van der Waals surface area contributed by atoms with E-state index in [1.54, 1.807) is 0 Å². The molecule has 98 valence electrons. The van der Waals surface area contributed by atoms with Gasteiger partial charge in [0, 0.05) is 18.8 Å². The van der Waals surface area contributed by atoms with Crippen LogP contribution in [0.15, 0.2) is 12.3 Å². The van der Waals surface area contributed by atoms with Crippen molar-refractivity contribution in [2.45, 2.75) is 18.9 Å². The Morgan fingerprint density at radius 2 is 2.50 bits per heavy atom. The lowest BCUT2D eigenvalue weighted by Gasteiger charge is -2.20. The van der Waals surface area contributed by atoms with Crippen LogP contribution in [0, 0.1) is 0 Å². The smallest absolute Gasteiger partial charge is 0.337 e. The van der Waals surface area contributed by atoms with Gasteiger partial charge in [-0.05, 0) is 32.5 Å². The minimum Gasteiger partial charge on any atom is -0.478 e. The van der Waals surface area contributed by atoms with Crippen LogP contribution in [0.2, 0.25) is 5.02 Å². The molecule has 0 aliphatic carbocycles. The summed E-state index contributed by atoms with van der Waals surface area (Å²) < 4.78 is 0. The van der Waals surface area contributed by atoms with Gasteiger partial charge < -0.3 is 15.3 Å². The summed E-state index contributed by atoms with van der Waals surface area (Å²) >= 11 is 5.76. The second-order valence-electron chi connectivity index (χ2n) is 4.51. The molecule has 2 rings (SSSR count). The van der Waals surface area contributed by atoms with E-state index in [1.807, 2.05) is 0 Å². The number of anilines is 1. The molecule has 1 fully saturated rings. The fourth-order valence-corrected chi connectivity index (χ4v) is 2.34. The maximum Gasteiger partial charge on any atom is 0.337 e. The van der Waals surface area contributed by atoms with Gasteiger partial charge >= 0.3 is 5.97 Å². The molecule has 0 saturated carbocycles. The third kappa shape index (κ3) is 2.91. The largest absolute Gasteiger partial charge is 0.478 e. The molecular weight excluding hydrogens is 254 g/mol. The molecule has 0 amide bonds. The molecule has 1 unspecified atom stereocenters. The van der Waals surface area contributed by atoms with Crippen LogP contribution in [0.5, 0.6) is 0 Å². The predicted molar refractivity (Wildman–Crippen MR) is 70.3 cm³/mol. The van der Waals surface area contributed by atoms with Crippen LogP contribution >= 0.6 is 11.6 Å². The molecule has 0 aromatic carbocycles. The number of nitrogens with zero attached hydrogens (tertiary/aromatic N) is 2. The number of carbonyl (C=O) groups is 1. The number of halogens is 1. The first kappa shape index (κ1) is 13.1. The highest BCUT2D eigenvalue weighted by Gasteiger charge is 2.20. The first-order valence-electron chi connectivity index (χ1n) is 5.91. The quantitative estimate of drug-likeness (QED) is 0.874. The molecule has 6 heteroatoms. The van der Waals surface area contributed by atoms with Crippen molar-refractivity contribution in [3.8, 4) is 0 Å². The van der Waals surface area contributed by atoms with E-state index in [1.165, 1.54) is 18.7 Å². The minimum atomic E-state index is -1.04. The lowest BCUT2D eigenvalue weighted by molar-refractivity contribution is 0.0697. The van der Waals surface area contributed by atoms with Crippen molar-refractivity contribution < 1.29 is 9.90 Å². The van der Waals surface area contributed by atoms with Gasteiger partial charge in [-0.25, -0.2) is 9.78 Å². The van der Waals surface area contributed by atoms with Crippen molar-refractivity contribution >= 4 is 23.4 Å². The Morgan fingerprint density at radius 3 is 3.11 bits per heavy atom. The highest BCUT2D eigenvalue weighted by molar-refractivity contribution is 6.33. The number of aromatic nitrogens is 1. The van der Waals surface area contributed by atoms with Crippen LogP contribution in [-0.2, 0) is 0 Å². The zero-order valence-corrected chi connectivity index (χ0v) is 10.9. The van der Waals surface area contributed by atoms with Crippen molar-refractivity contribution in [2.24, 2.45) is 0 Å². The summed E-state index contributed by atoms with van der Waals surface area (Å²) in [6.45, 7) is 1.88. The summed E-state index contributed by atoms with van der Waals surface area (Å²) in [5.41, 5.74) is 0.0777. The number of hydrogen-bond donors (Lipinski definition) is 2. The number of hydrogen-bond acceptors (Lipinski definition) is 4. The number of rotatable bonds is 4. The predicted octanol–water partition coefficient (Wildman–Crippen LogP) is 1.94. The lowest BCUT2D eigenvalue weighted by Crippen LogP contribution is -2.31. The molecule has 1 aliphatic rings. The molecule has 0 radical (unpaired) electrons. The van der Waals surface area contributed by atoms with Gasteiger partial charge in [0.25, 0.3) is 0 Å². The average molecular weight is 270 g/mol. The molecule has 1 aromatic heterocycles. The molecule has 1 atom stereocenters. The van der Waals surface area contributed by atoms with Gasteiger partial charge in [0.05, 0.1) is 10.6 Å². The van der Waals surface area contributed by atoms with E-state index in [-0.39, 0.29) is 10.6 Å². The number of likely N-dealkylation sites (tertiary alicyclic amines) is 1. The minimum absolute atomic E-state index is 0.0777. The monoisotopic (exact) mass is 269 g/mol. The zero-order chi connectivity index (χ0) is 13.1. The summed E-state index contributed by atoms with van der Waals surface area (Å²) in [4.78, 5) is 17.3. The lowest BCUT2D eigenvalue weighted by atomic mass is 10.2. The average Bonchev–Trinajstić information content (AvgIpc) is 2.73. The number of likely N-dealkylation sites (N-methyl/N-ethyl adjacent to an activating group) is 1. The van der Waals surface area contributed by atoms with Crippen molar-refractivity contribution in [3.05, 3.63) is 22.8 Å². The first-order valence-corrected chi connectivity index (χ1v) is 6.28. The molecule has 18 heavy (non-hydrogen) atoms. The highest BCUT2D eigenvalue weighted by atomic mass is 35.5. The van der Waals surface area contributed by atoms with Crippen LogP contribution in [0.25, 0.3) is 0 Å². The van der Waals surface area contributed by atoms with Gasteiger partial charge in [-0.2, -0.15) is 0 Å². The molecule has 2 N–H and O–H groups in total. The molecule has 1 aromatic rings. The Labute approximate surface area is 111 Å². The van der Waals surface area contributed by atoms with Crippen LogP contribution in [0.1, 0.15) is 23.2 Å². The summed E-state index contributed by atoms with van der Waals surface area (Å²) in [6, 6.07) is 1.95. The Morgan fingerprint density at radius 1 is 1.72 bits per heavy atom. The highest BCUT2D eigenvalue weighted by Crippen LogP contribution is 2.19. The van der Waals surface area contributed by atoms with E-state index in [4.69, 9.17) is 16.7 Å². The van der Waals surface area contributed by atoms with Crippen LogP contribution in [-0.4, -0.2) is 47.1 Å². The number of nitrogens with one attached hydrogen (secondary N) is 1. The van der Waals surface area contributed by atoms with Gasteiger partial charge in [0.15, 0.2) is 0 Å². The van der Waals surface area contributed by atoms with E-state index < -0.39 is 5.97 Å². The van der Waals surface area contributed by atoms with Crippen LogP contribution < -0.4 is 5.32 Å². The maximum absolute atomic E-state index is 10.9. The second-order valence-corrected chi connectivity index (χ2v) is 4.92. The van der Waals surface area contributed by atoms with Crippen LogP contribution in [0.4, 0.5) is 5.82 Å². The van der Waals surface area contributed by atoms with E-state index in [9.17, 15) is 4.79 Å². The van der Waals surface area contributed by atoms with Crippen LogP contribution in [0.3, 0.4) is 0 Å². The van der Waals surface area contributed by atoms with Gasteiger partial charge in [-0.1, -0.05) is 11.6 Å². The molecule has 0 spiro atoms. The van der Waals surface area contributed by atoms with E-state index in [2.05, 4.69) is 22.2 Å². The van der Waals surface area contributed by atoms with Gasteiger partial charge in [-0.15, -0.1) is 0 Å². The van der Waals surface area contributed by atoms with Gasteiger partial charge in [-0.3, -0.25) is 0 Å². The number of aromatic carboxylic acids is 1. The van der Waals surface area contributed by atoms with Crippen molar-refractivity contribution in [1.29, 1.82) is 0 Å². The summed E-state index contributed by atoms with van der Waals surface area (Å²) in [5, 5.41) is 12.3. The van der Waals surface area contributed by atoms with Crippen molar-refractivity contribution in [1.82, 2.24) is 9.88 Å².